The quantitative estimate of drug-likeness (QED) is 0.721. The number of benzene rings is 1. The molecule has 8 heteroatoms. The SMILES string of the molecule is O=C(CN1C(=O)CCC1=O)N1CCN(Cc2ncc(-c3ccccc3)o2)CC1. The fraction of sp³-hybridized carbons (Fsp3) is 0.400. The van der Waals surface area contributed by atoms with Crippen molar-refractivity contribution in [1.29, 1.82) is 0 Å². The molecule has 0 spiro atoms. The van der Waals surface area contributed by atoms with Crippen molar-refractivity contribution in [3.05, 3.63) is 42.4 Å². The van der Waals surface area contributed by atoms with E-state index in [0.717, 1.165) is 16.2 Å². The highest BCUT2D eigenvalue weighted by Gasteiger charge is 2.32. The molecule has 1 aromatic carbocycles. The first-order valence-electron chi connectivity index (χ1n) is 9.43. The Morgan fingerprint density at radius 2 is 1.68 bits per heavy atom. The molecule has 0 bridgehead atoms. The molecule has 2 aliphatic heterocycles. The van der Waals surface area contributed by atoms with Crippen LogP contribution >= 0.6 is 0 Å². The van der Waals surface area contributed by atoms with Crippen LogP contribution in [0.25, 0.3) is 11.3 Å². The van der Waals surface area contributed by atoms with Crippen LogP contribution in [-0.2, 0) is 20.9 Å². The lowest BCUT2D eigenvalue weighted by Gasteiger charge is -2.34. The van der Waals surface area contributed by atoms with Crippen molar-refractivity contribution in [3.8, 4) is 11.3 Å². The largest absolute Gasteiger partial charge is 0.439 e. The van der Waals surface area contributed by atoms with E-state index in [1.165, 1.54) is 0 Å². The van der Waals surface area contributed by atoms with Crippen LogP contribution in [0.15, 0.2) is 40.9 Å². The number of hydrogen-bond donors (Lipinski definition) is 0. The molecule has 0 unspecified atom stereocenters. The van der Waals surface area contributed by atoms with E-state index in [1.54, 1.807) is 11.1 Å². The van der Waals surface area contributed by atoms with E-state index in [-0.39, 0.29) is 37.1 Å². The van der Waals surface area contributed by atoms with Crippen molar-refractivity contribution >= 4 is 17.7 Å². The Labute approximate surface area is 162 Å². The predicted molar refractivity (Wildman–Crippen MR) is 99.8 cm³/mol. The van der Waals surface area contributed by atoms with Gasteiger partial charge in [0.05, 0.1) is 12.7 Å². The fourth-order valence-corrected chi connectivity index (χ4v) is 3.50. The molecule has 4 rings (SSSR count). The number of hydrogen-bond acceptors (Lipinski definition) is 6. The molecule has 2 saturated heterocycles. The summed E-state index contributed by atoms with van der Waals surface area (Å²) < 4.78 is 5.84. The number of carbonyl (C=O) groups excluding carboxylic acids is 3. The Kier molecular flexibility index (Phi) is 5.21. The lowest BCUT2D eigenvalue weighted by molar-refractivity contribution is -0.146. The number of amides is 3. The van der Waals surface area contributed by atoms with E-state index in [4.69, 9.17) is 4.42 Å². The molecule has 2 aromatic rings. The van der Waals surface area contributed by atoms with Gasteiger partial charge in [0.1, 0.15) is 6.54 Å². The standard InChI is InChI=1S/C20H22N4O4/c25-18-6-7-19(26)24(18)14-20(27)23-10-8-22(9-11-23)13-17-21-12-16(28-17)15-4-2-1-3-5-15/h1-5,12H,6-11,13-14H2. The maximum Gasteiger partial charge on any atom is 0.242 e. The number of nitrogens with zero attached hydrogens (tertiary/aromatic N) is 4. The first kappa shape index (κ1) is 18.4. The number of aromatic nitrogens is 1. The highest BCUT2D eigenvalue weighted by atomic mass is 16.4. The van der Waals surface area contributed by atoms with Crippen LogP contribution in [0.1, 0.15) is 18.7 Å². The minimum atomic E-state index is -0.255. The van der Waals surface area contributed by atoms with Gasteiger partial charge in [-0.05, 0) is 0 Å². The van der Waals surface area contributed by atoms with Gasteiger partial charge in [-0.15, -0.1) is 0 Å². The summed E-state index contributed by atoms with van der Waals surface area (Å²) >= 11 is 0. The van der Waals surface area contributed by atoms with Gasteiger partial charge in [0.25, 0.3) is 0 Å². The first-order valence-corrected chi connectivity index (χ1v) is 9.43. The van der Waals surface area contributed by atoms with Gasteiger partial charge in [0.15, 0.2) is 5.76 Å². The summed E-state index contributed by atoms with van der Waals surface area (Å²) in [6.07, 6.45) is 2.15. The van der Waals surface area contributed by atoms with Crippen molar-refractivity contribution in [2.45, 2.75) is 19.4 Å². The van der Waals surface area contributed by atoms with Crippen LogP contribution in [0.4, 0.5) is 0 Å². The topological polar surface area (TPSA) is 87.0 Å². The summed E-state index contributed by atoms with van der Waals surface area (Å²) in [7, 11) is 0. The number of rotatable bonds is 5. The average molecular weight is 382 g/mol. The second kappa shape index (κ2) is 7.93. The molecule has 0 atom stereocenters. The normalized spacial score (nSPS) is 18.1. The maximum atomic E-state index is 12.4. The number of piperazine rings is 1. The summed E-state index contributed by atoms with van der Waals surface area (Å²) in [6, 6.07) is 9.82. The average Bonchev–Trinajstić information content (AvgIpc) is 3.31. The monoisotopic (exact) mass is 382 g/mol. The third-order valence-corrected chi connectivity index (χ3v) is 5.14. The van der Waals surface area contributed by atoms with Crippen LogP contribution < -0.4 is 0 Å². The molecule has 2 aliphatic rings. The summed E-state index contributed by atoms with van der Waals surface area (Å²) in [5.74, 6) is 0.701. The Morgan fingerprint density at radius 3 is 2.36 bits per heavy atom. The van der Waals surface area contributed by atoms with Gasteiger partial charge in [-0.1, -0.05) is 30.3 Å². The minimum Gasteiger partial charge on any atom is -0.439 e. The third kappa shape index (κ3) is 3.96. The minimum absolute atomic E-state index is 0.141. The van der Waals surface area contributed by atoms with Gasteiger partial charge in [-0.2, -0.15) is 0 Å². The summed E-state index contributed by atoms with van der Waals surface area (Å²) in [5, 5.41) is 0. The molecule has 0 radical (unpaired) electrons. The van der Waals surface area contributed by atoms with Gasteiger partial charge in [0, 0.05) is 44.6 Å². The van der Waals surface area contributed by atoms with Crippen LogP contribution in [0, 0.1) is 0 Å². The van der Waals surface area contributed by atoms with Crippen molar-refractivity contribution in [2.75, 3.05) is 32.7 Å². The summed E-state index contributed by atoms with van der Waals surface area (Å²) in [4.78, 5) is 45.1. The highest BCUT2D eigenvalue weighted by Crippen LogP contribution is 2.21. The molecule has 1 aromatic heterocycles. The summed E-state index contributed by atoms with van der Waals surface area (Å²) in [5.41, 5.74) is 0.989. The second-order valence-electron chi connectivity index (χ2n) is 7.01. The third-order valence-electron chi connectivity index (χ3n) is 5.14. The van der Waals surface area contributed by atoms with E-state index in [2.05, 4.69) is 9.88 Å². The van der Waals surface area contributed by atoms with Gasteiger partial charge in [-0.25, -0.2) is 4.98 Å². The van der Waals surface area contributed by atoms with Gasteiger partial charge < -0.3 is 9.32 Å². The predicted octanol–water partition coefficient (Wildman–Crippen LogP) is 1.13. The Hall–Kier alpha value is -3.00. The summed E-state index contributed by atoms with van der Waals surface area (Å²) in [6.45, 7) is 2.94. The molecule has 3 amide bonds. The Bertz CT molecular complexity index is 855. The molecular formula is C20H22N4O4. The zero-order valence-electron chi connectivity index (χ0n) is 15.5. The van der Waals surface area contributed by atoms with Gasteiger partial charge in [0.2, 0.25) is 23.6 Å². The van der Waals surface area contributed by atoms with E-state index in [9.17, 15) is 14.4 Å². The Morgan fingerprint density at radius 1 is 1.00 bits per heavy atom. The van der Waals surface area contributed by atoms with Crippen LogP contribution in [0.5, 0.6) is 0 Å². The number of carbonyl (C=O) groups is 3. The van der Waals surface area contributed by atoms with Gasteiger partial charge >= 0.3 is 0 Å². The lowest BCUT2D eigenvalue weighted by atomic mass is 10.2. The lowest BCUT2D eigenvalue weighted by Crippen LogP contribution is -2.51. The van der Waals surface area contributed by atoms with Crippen LogP contribution in [0.3, 0.4) is 0 Å². The molecule has 0 saturated carbocycles. The van der Waals surface area contributed by atoms with E-state index >= 15 is 0 Å². The first-order chi connectivity index (χ1) is 13.6. The zero-order valence-corrected chi connectivity index (χ0v) is 15.5. The van der Waals surface area contributed by atoms with E-state index < -0.39 is 0 Å². The van der Waals surface area contributed by atoms with Crippen LogP contribution in [0.2, 0.25) is 0 Å². The number of imide groups is 1. The molecular weight excluding hydrogens is 360 g/mol. The van der Waals surface area contributed by atoms with E-state index in [0.29, 0.717) is 38.6 Å². The molecule has 3 heterocycles. The number of likely N-dealkylation sites (tertiary alicyclic amines) is 1. The highest BCUT2D eigenvalue weighted by molar-refractivity contribution is 6.04. The van der Waals surface area contributed by atoms with Crippen molar-refractivity contribution in [1.82, 2.24) is 19.7 Å². The molecule has 2 fully saturated rings. The zero-order chi connectivity index (χ0) is 19.5. The molecule has 8 nitrogen and oxygen atoms in total. The van der Waals surface area contributed by atoms with Crippen molar-refractivity contribution in [3.63, 3.8) is 0 Å². The van der Waals surface area contributed by atoms with Crippen molar-refractivity contribution < 1.29 is 18.8 Å². The second-order valence-corrected chi connectivity index (χ2v) is 7.01. The molecule has 28 heavy (non-hydrogen) atoms. The van der Waals surface area contributed by atoms with Crippen LogP contribution in [-0.4, -0.2) is 70.1 Å². The molecule has 0 N–H and O–H groups in total. The van der Waals surface area contributed by atoms with Gasteiger partial charge in [-0.3, -0.25) is 24.2 Å². The maximum absolute atomic E-state index is 12.4. The molecule has 146 valence electrons. The van der Waals surface area contributed by atoms with Crippen molar-refractivity contribution in [2.24, 2.45) is 0 Å². The number of oxazole rings is 1. The smallest absolute Gasteiger partial charge is 0.242 e. The molecule has 0 aliphatic carbocycles. The fourth-order valence-electron chi connectivity index (χ4n) is 3.50. The van der Waals surface area contributed by atoms with E-state index in [1.807, 2.05) is 30.3 Å². The Balaban J connectivity index is 1.28.